The molecule has 0 saturated heterocycles. The lowest BCUT2D eigenvalue weighted by molar-refractivity contribution is 0.0955. The van der Waals surface area contributed by atoms with Gasteiger partial charge in [0.15, 0.2) is 0 Å². The third-order valence-corrected chi connectivity index (χ3v) is 4.97. The number of carbonyl (C=O) groups excluding carboxylic acids is 1. The number of hydrogen-bond acceptors (Lipinski definition) is 6. The number of benzene rings is 1. The van der Waals surface area contributed by atoms with Crippen LogP contribution in [0, 0.1) is 0 Å². The molecule has 0 aliphatic rings. The molecule has 0 saturated carbocycles. The molecular formula is C20H17N5OS. The molecule has 3 heterocycles. The highest BCUT2D eigenvalue weighted by atomic mass is 32.1. The highest BCUT2D eigenvalue weighted by molar-refractivity contribution is 7.17. The number of pyridine rings is 1. The van der Waals surface area contributed by atoms with E-state index in [1.165, 1.54) is 0 Å². The number of thiophene rings is 1. The van der Waals surface area contributed by atoms with Crippen LogP contribution in [-0.4, -0.2) is 33.9 Å². The van der Waals surface area contributed by atoms with Crippen molar-refractivity contribution in [3.8, 4) is 11.1 Å². The Morgan fingerprint density at radius 2 is 1.93 bits per heavy atom. The lowest BCUT2D eigenvalue weighted by atomic mass is 10.1. The van der Waals surface area contributed by atoms with Gasteiger partial charge in [-0.3, -0.25) is 9.78 Å². The molecule has 0 spiro atoms. The first-order chi connectivity index (χ1) is 13.3. The van der Waals surface area contributed by atoms with Gasteiger partial charge >= 0.3 is 0 Å². The summed E-state index contributed by atoms with van der Waals surface area (Å²) in [7, 11) is 0. The van der Waals surface area contributed by atoms with Crippen molar-refractivity contribution in [3.63, 3.8) is 0 Å². The molecule has 0 aliphatic carbocycles. The summed E-state index contributed by atoms with van der Waals surface area (Å²) in [5.41, 5.74) is 2.79. The highest BCUT2D eigenvalue weighted by Crippen LogP contribution is 2.36. The number of nitrogens with zero attached hydrogens (tertiary/aromatic N) is 3. The Kier molecular flexibility index (Phi) is 5.02. The second-order valence-electron chi connectivity index (χ2n) is 5.84. The summed E-state index contributed by atoms with van der Waals surface area (Å²) in [6.45, 7) is 1.03. The molecule has 4 aromatic rings. The zero-order valence-corrected chi connectivity index (χ0v) is 15.2. The summed E-state index contributed by atoms with van der Waals surface area (Å²) in [4.78, 5) is 25.7. The average Bonchev–Trinajstić information content (AvgIpc) is 3.17. The summed E-state index contributed by atoms with van der Waals surface area (Å²) in [5, 5.41) is 9.30. The summed E-state index contributed by atoms with van der Waals surface area (Å²) < 4.78 is 0. The summed E-state index contributed by atoms with van der Waals surface area (Å²) in [6, 6.07) is 13.7. The molecule has 0 atom stereocenters. The van der Waals surface area contributed by atoms with Crippen LogP contribution in [0.25, 0.3) is 21.3 Å². The molecule has 3 aromatic heterocycles. The Morgan fingerprint density at radius 1 is 1.04 bits per heavy atom. The molecule has 1 aromatic carbocycles. The van der Waals surface area contributed by atoms with Crippen molar-refractivity contribution in [3.05, 3.63) is 72.1 Å². The summed E-state index contributed by atoms with van der Waals surface area (Å²) in [6.07, 6.45) is 4.75. The molecule has 0 unspecified atom stereocenters. The van der Waals surface area contributed by atoms with E-state index in [4.69, 9.17) is 0 Å². The van der Waals surface area contributed by atoms with Crippen LogP contribution in [0.3, 0.4) is 0 Å². The quantitative estimate of drug-likeness (QED) is 0.504. The molecule has 0 fully saturated rings. The predicted octanol–water partition coefficient (Wildman–Crippen LogP) is 3.60. The molecule has 134 valence electrons. The predicted molar refractivity (Wildman–Crippen MR) is 108 cm³/mol. The molecule has 1 amide bonds. The van der Waals surface area contributed by atoms with Crippen LogP contribution in [-0.2, 0) is 0 Å². The van der Waals surface area contributed by atoms with Crippen LogP contribution in [0.15, 0.2) is 66.6 Å². The van der Waals surface area contributed by atoms with Crippen LogP contribution < -0.4 is 10.6 Å². The first-order valence-electron chi connectivity index (χ1n) is 8.52. The van der Waals surface area contributed by atoms with Gasteiger partial charge in [-0.1, -0.05) is 30.3 Å². The van der Waals surface area contributed by atoms with Crippen molar-refractivity contribution >= 4 is 33.3 Å². The standard InChI is InChI=1S/C20H17N5OS/c26-19(15-7-4-8-21-11-15)23-10-9-22-18-17-16(14-5-2-1-3-6-14)12-27-20(17)25-13-24-18/h1-8,11-13H,9-10H2,(H,23,26)(H,22,24,25). The molecule has 2 N–H and O–H groups in total. The van der Waals surface area contributed by atoms with E-state index in [-0.39, 0.29) is 5.91 Å². The van der Waals surface area contributed by atoms with E-state index in [1.807, 2.05) is 18.2 Å². The van der Waals surface area contributed by atoms with Crippen molar-refractivity contribution in [1.82, 2.24) is 20.3 Å². The van der Waals surface area contributed by atoms with Crippen molar-refractivity contribution in [2.75, 3.05) is 18.4 Å². The first kappa shape index (κ1) is 17.1. The van der Waals surface area contributed by atoms with Gasteiger partial charge in [0.05, 0.1) is 10.9 Å². The minimum absolute atomic E-state index is 0.141. The van der Waals surface area contributed by atoms with Crippen molar-refractivity contribution < 1.29 is 4.79 Å². The maximum atomic E-state index is 12.1. The Morgan fingerprint density at radius 3 is 2.74 bits per heavy atom. The van der Waals surface area contributed by atoms with Gasteiger partial charge in [-0.25, -0.2) is 9.97 Å². The highest BCUT2D eigenvalue weighted by Gasteiger charge is 2.12. The molecule has 0 radical (unpaired) electrons. The zero-order valence-electron chi connectivity index (χ0n) is 14.4. The van der Waals surface area contributed by atoms with Gasteiger partial charge in [0.1, 0.15) is 17.0 Å². The molecule has 6 nitrogen and oxygen atoms in total. The number of rotatable bonds is 6. The Labute approximate surface area is 160 Å². The molecule has 4 rings (SSSR count). The van der Waals surface area contributed by atoms with E-state index in [9.17, 15) is 4.79 Å². The van der Waals surface area contributed by atoms with Crippen molar-refractivity contribution in [1.29, 1.82) is 0 Å². The average molecular weight is 375 g/mol. The minimum Gasteiger partial charge on any atom is -0.368 e. The van der Waals surface area contributed by atoms with E-state index < -0.39 is 0 Å². The molecule has 0 aliphatic heterocycles. The summed E-state index contributed by atoms with van der Waals surface area (Å²) in [5.74, 6) is 0.633. The third-order valence-electron chi connectivity index (χ3n) is 4.08. The van der Waals surface area contributed by atoms with Gasteiger partial charge in [-0.15, -0.1) is 11.3 Å². The van der Waals surface area contributed by atoms with Gasteiger partial charge in [0.25, 0.3) is 5.91 Å². The van der Waals surface area contributed by atoms with Crippen LogP contribution in [0.1, 0.15) is 10.4 Å². The van der Waals surface area contributed by atoms with Crippen LogP contribution in [0.4, 0.5) is 5.82 Å². The van der Waals surface area contributed by atoms with E-state index in [1.54, 1.807) is 42.2 Å². The molecule has 7 heteroatoms. The number of amides is 1. The largest absolute Gasteiger partial charge is 0.368 e. The van der Waals surface area contributed by atoms with Gasteiger partial charge < -0.3 is 10.6 Å². The second-order valence-corrected chi connectivity index (χ2v) is 6.70. The number of carbonyl (C=O) groups is 1. The van der Waals surface area contributed by atoms with E-state index >= 15 is 0 Å². The second kappa shape index (κ2) is 7.92. The van der Waals surface area contributed by atoms with E-state index in [0.29, 0.717) is 18.7 Å². The molecule has 0 bridgehead atoms. The SMILES string of the molecule is O=C(NCCNc1ncnc2scc(-c3ccccc3)c12)c1cccnc1. The smallest absolute Gasteiger partial charge is 0.252 e. The zero-order chi connectivity index (χ0) is 18.5. The number of nitrogens with one attached hydrogen (secondary N) is 2. The van der Waals surface area contributed by atoms with Crippen LogP contribution in [0.5, 0.6) is 0 Å². The first-order valence-corrected chi connectivity index (χ1v) is 9.40. The number of fused-ring (bicyclic) bond motifs is 1. The Balaban J connectivity index is 1.46. The van der Waals surface area contributed by atoms with Crippen LogP contribution >= 0.6 is 11.3 Å². The number of hydrogen-bond donors (Lipinski definition) is 2. The lowest BCUT2D eigenvalue weighted by Gasteiger charge is -2.09. The number of aromatic nitrogens is 3. The molecular weight excluding hydrogens is 358 g/mol. The van der Waals surface area contributed by atoms with E-state index in [2.05, 4.69) is 43.1 Å². The topological polar surface area (TPSA) is 79.8 Å². The van der Waals surface area contributed by atoms with Gasteiger partial charge in [0.2, 0.25) is 0 Å². The normalized spacial score (nSPS) is 10.7. The van der Waals surface area contributed by atoms with Gasteiger partial charge in [-0.2, -0.15) is 0 Å². The monoisotopic (exact) mass is 375 g/mol. The van der Waals surface area contributed by atoms with E-state index in [0.717, 1.165) is 27.2 Å². The summed E-state index contributed by atoms with van der Waals surface area (Å²) >= 11 is 1.60. The third kappa shape index (κ3) is 3.78. The maximum absolute atomic E-state index is 12.1. The van der Waals surface area contributed by atoms with Gasteiger partial charge in [-0.05, 0) is 17.7 Å². The van der Waals surface area contributed by atoms with Gasteiger partial charge in [0, 0.05) is 36.4 Å². The van der Waals surface area contributed by atoms with Crippen molar-refractivity contribution in [2.24, 2.45) is 0 Å². The number of anilines is 1. The van der Waals surface area contributed by atoms with Crippen molar-refractivity contribution in [2.45, 2.75) is 0 Å². The maximum Gasteiger partial charge on any atom is 0.252 e. The van der Waals surface area contributed by atoms with Crippen LogP contribution in [0.2, 0.25) is 0 Å². The Hall–Kier alpha value is -3.32. The fourth-order valence-corrected chi connectivity index (χ4v) is 3.71. The minimum atomic E-state index is -0.141. The molecule has 27 heavy (non-hydrogen) atoms. The Bertz CT molecular complexity index is 1050. The fourth-order valence-electron chi connectivity index (χ4n) is 2.80. The lowest BCUT2D eigenvalue weighted by Crippen LogP contribution is -2.29. The fraction of sp³-hybridized carbons (Fsp3) is 0.100.